The molecule has 0 spiro atoms. The lowest BCUT2D eigenvalue weighted by Gasteiger charge is -2.11. The Balaban J connectivity index is 1.26. The zero-order chi connectivity index (χ0) is 27.0. The number of benzene rings is 4. The van der Waals surface area contributed by atoms with Gasteiger partial charge in [0, 0.05) is 11.3 Å². The number of methoxy groups -OCH3 is 1. The number of carbonyl (C=O) groups excluding carboxylic acids is 1. The van der Waals surface area contributed by atoms with E-state index in [2.05, 4.69) is 32.9 Å². The van der Waals surface area contributed by atoms with Crippen LogP contribution in [0.1, 0.15) is 11.1 Å². The third-order valence-corrected chi connectivity index (χ3v) is 6.96. The molecule has 0 saturated carbocycles. The van der Waals surface area contributed by atoms with E-state index in [0.29, 0.717) is 11.0 Å². The number of rotatable bonds is 9. The Morgan fingerprint density at radius 2 is 1.54 bits per heavy atom. The minimum Gasteiger partial charge on any atom is -0.497 e. The Labute approximate surface area is 231 Å². The Morgan fingerprint density at radius 1 is 0.872 bits per heavy atom. The lowest BCUT2D eigenvalue weighted by molar-refractivity contribution is -0.118. The van der Waals surface area contributed by atoms with Crippen LogP contribution in [0.2, 0.25) is 0 Å². The van der Waals surface area contributed by atoms with Gasteiger partial charge in [-0.2, -0.15) is 5.10 Å². The molecule has 0 fully saturated rings. The van der Waals surface area contributed by atoms with Crippen molar-refractivity contribution in [2.24, 2.45) is 5.10 Å². The zero-order valence-electron chi connectivity index (χ0n) is 21.6. The van der Waals surface area contributed by atoms with E-state index >= 15 is 0 Å². The highest BCUT2D eigenvalue weighted by atomic mass is 32.2. The SMILES string of the molecule is COc1ccc(-n2c(SCC(=O)N/N=C/c3ccc(-c4ccccc4)cc3)nnc2-c2ccc(C)cc2)cc1. The van der Waals surface area contributed by atoms with Crippen molar-refractivity contribution >= 4 is 23.9 Å². The second-order valence-electron chi connectivity index (χ2n) is 8.78. The maximum absolute atomic E-state index is 12.6. The molecule has 0 radical (unpaired) electrons. The summed E-state index contributed by atoms with van der Waals surface area (Å²) in [4.78, 5) is 12.6. The van der Waals surface area contributed by atoms with E-state index in [4.69, 9.17) is 4.74 Å². The third kappa shape index (κ3) is 6.42. The average molecular weight is 534 g/mol. The van der Waals surface area contributed by atoms with E-state index in [-0.39, 0.29) is 11.7 Å². The smallest absolute Gasteiger partial charge is 0.250 e. The van der Waals surface area contributed by atoms with E-state index in [1.807, 2.05) is 102 Å². The van der Waals surface area contributed by atoms with Crippen molar-refractivity contribution in [2.75, 3.05) is 12.9 Å². The molecule has 8 heteroatoms. The fourth-order valence-corrected chi connectivity index (χ4v) is 4.69. The Morgan fingerprint density at radius 3 is 2.23 bits per heavy atom. The van der Waals surface area contributed by atoms with E-state index in [1.54, 1.807) is 13.3 Å². The molecule has 1 aromatic heterocycles. The monoisotopic (exact) mass is 533 g/mol. The predicted octanol–water partition coefficient (Wildman–Crippen LogP) is 6.16. The molecule has 0 aliphatic rings. The van der Waals surface area contributed by atoms with Crippen molar-refractivity contribution in [3.05, 3.63) is 114 Å². The number of ether oxygens (including phenoxy) is 1. The van der Waals surface area contributed by atoms with Crippen LogP contribution in [0.25, 0.3) is 28.2 Å². The summed E-state index contributed by atoms with van der Waals surface area (Å²) >= 11 is 1.30. The van der Waals surface area contributed by atoms with E-state index in [1.165, 1.54) is 11.8 Å². The lowest BCUT2D eigenvalue weighted by Crippen LogP contribution is -2.20. The number of hydrazone groups is 1. The van der Waals surface area contributed by atoms with Crippen molar-refractivity contribution in [3.8, 4) is 34.0 Å². The summed E-state index contributed by atoms with van der Waals surface area (Å²) in [6.45, 7) is 2.04. The van der Waals surface area contributed by atoms with E-state index in [9.17, 15) is 4.79 Å². The molecular weight excluding hydrogens is 506 g/mol. The van der Waals surface area contributed by atoms with E-state index in [0.717, 1.165) is 39.3 Å². The summed E-state index contributed by atoms with van der Waals surface area (Å²) in [6.07, 6.45) is 1.63. The number of carbonyl (C=O) groups is 1. The van der Waals surface area contributed by atoms with Gasteiger partial charge in [0.2, 0.25) is 0 Å². The molecule has 194 valence electrons. The molecular formula is C31H27N5O2S. The molecule has 0 aliphatic heterocycles. The first-order valence-corrected chi connectivity index (χ1v) is 13.4. The van der Waals surface area contributed by atoms with Gasteiger partial charge < -0.3 is 4.74 Å². The maximum atomic E-state index is 12.6. The first-order chi connectivity index (χ1) is 19.1. The van der Waals surface area contributed by atoms with Gasteiger partial charge in [-0.25, -0.2) is 5.43 Å². The van der Waals surface area contributed by atoms with Crippen LogP contribution < -0.4 is 10.2 Å². The number of nitrogens with one attached hydrogen (secondary N) is 1. The summed E-state index contributed by atoms with van der Waals surface area (Å²) in [5.41, 5.74) is 8.74. The van der Waals surface area contributed by atoms with Crippen molar-refractivity contribution in [3.63, 3.8) is 0 Å². The van der Waals surface area contributed by atoms with Gasteiger partial charge in [-0.15, -0.1) is 10.2 Å². The number of hydrogen-bond donors (Lipinski definition) is 1. The molecule has 0 atom stereocenters. The lowest BCUT2D eigenvalue weighted by atomic mass is 10.0. The molecule has 0 unspecified atom stereocenters. The Hall–Kier alpha value is -4.69. The molecule has 1 N–H and O–H groups in total. The topological polar surface area (TPSA) is 81.4 Å². The molecule has 0 aliphatic carbocycles. The van der Waals surface area contributed by atoms with Gasteiger partial charge in [0.1, 0.15) is 5.75 Å². The summed E-state index contributed by atoms with van der Waals surface area (Å²) in [5.74, 6) is 1.34. The summed E-state index contributed by atoms with van der Waals surface area (Å²) < 4.78 is 7.25. The maximum Gasteiger partial charge on any atom is 0.250 e. The number of aryl methyl sites for hydroxylation is 1. The van der Waals surface area contributed by atoms with Crippen LogP contribution in [0.15, 0.2) is 113 Å². The fraction of sp³-hybridized carbons (Fsp3) is 0.0968. The van der Waals surface area contributed by atoms with Crippen LogP contribution in [0.5, 0.6) is 5.75 Å². The van der Waals surface area contributed by atoms with Crippen LogP contribution in [-0.4, -0.2) is 39.7 Å². The Bertz CT molecular complexity index is 1560. The van der Waals surface area contributed by atoms with E-state index < -0.39 is 0 Å². The van der Waals surface area contributed by atoms with Gasteiger partial charge in [0.25, 0.3) is 5.91 Å². The average Bonchev–Trinajstić information content (AvgIpc) is 3.41. The minimum atomic E-state index is -0.238. The number of nitrogens with zero attached hydrogens (tertiary/aromatic N) is 4. The van der Waals surface area contributed by atoms with Crippen molar-refractivity contribution < 1.29 is 9.53 Å². The van der Waals surface area contributed by atoms with Crippen LogP contribution in [0, 0.1) is 6.92 Å². The van der Waals surface area contributed by atoms with Gasteiger partial charge in [-0.1, -0.05) is 96.2 Å². The molecule has 7 nitrogen and oxygen atoms in total. The highest BCUT2D eigenvalue weighted by Gasteiger charge is 2.17. The normalized spacial score (nSPS) is 11.0. The second kappa shape index (κ2) is 12.2. The zero-order valence-corrected chi connectivity index (χ0v) is 22.4. The molecule has 1 amide bonds. The Kier molecular flexibility index (Phi) is 8.14. The minimum absolute atomic E-state index is 0.131. The summed E-state index contributed by atoms with van der Waals surface area (Å²) in [5, 5.41) is 13.6. The van der Waals surface area contributed by atoms with Gasteiger partial charge in [-0.05, 0) is 47.9 Å². The van der Waals surface area contributed by atoms with Crippen LogP contribution in [0.3, 0.4) is 0 Å². The van der Waals surface area contributed by atoms with Gasteiger partial charge in [-0.3, -0.25) is 9.36 Å². The molecule has 4 aromatic carbocycles. The largest absolute Gasteiger partial charge is 0.497 e. The highest BCUT2D eigenvalue weighted by Crippen LogP contribution is 2.29. The number of amides is 1. The quantitative estimate of drug-likeness (QED) is 0.139. The van der Waals surface area contributed by atoms with Crippen molar-refractivity contribution in [1.29, 1.82) is 0 Å². The molecule has 1 heterocycles. The fourth-order valence-electron chi connectivity index (χ4n) is 3.95. The van der Waals surface area contributed by atoms with Crippen LogP contribution >= 0.6 is 11.8 Å². The standard InChI is InChI=1S/C31H27N5O2S/c1-22-8-12-26(13-9-22)30-34-35-31(36(30)27-16-18-28(38-2)19-17-27)39-21-29(37)33-32-20-23-10-14-25(15-11-23)24-6-4-3-5-7-24/h3-20H,21H2,1-2H3,(H,33,37)/b32-20+. The molecule has 0 saturated heterocycles. The first-order valence-electron chi connectivity index (χ1n) is 12.4. The summed E-state index contributed by atoms with van der Waals surface area (Å²) in [7, 11) is 1.63. The third-order valence-electron chi connectivity index (χ3n) is 6.03. The summed E-state index contributed by atoms with van der Waals surface area (Å²) in [6, 6.07) is 33.9. The van der Waals surface area contributed by atoms with Crippen molar-refractivity contribution in [1.82, 2.24) is 20.2 Å². The predicted molar refractivity (Wildman–Crippen MR) is 156 cm³/mol. The van der Waals surface area contributed by atoms with Crippen LogP contribution in [-0.2, 0) is 4.79 Å². The second-order valence-corrected chi connectivity index (χ2v) is 9.72. The van der Waals surface area contributed by atoms with Crippen molar-refractivity contribution in [2.45, 2.75) is 12.1 Å². The van der Waals surface area contributed by atoms with Gasteiger partial charge in [0.15, 0.2) is 11.0 Å². The number of thioether (sulfide) groups is 1. The molecule has 39 heavy (non-hydrogen) atoms. The highest BCUT2D eigenvalue weighted by molar-refractivity contribution is 7.99. The molecule has 0 bridgehead atoms. The molecule has 5 rings (SSSR count). The first kappa shape index (κ1) is 25.9. The number of aromatic nitrogens is 3. The van der Waals surface area contributed by atoms with Gasteiger partial charge >= 0.3 is 0 Å². The molecule has 5 aromatic rings. The van der Waals surface area contributed by atoms with Gasteiger partial charge in [0.05, 0.1) is 19.1 Å². The van der Waals surface area contributed by atoms with Crippen LogP contribution in [0.4, 0.5) is 0 Å². The number of hydrogen-bond acceptors (Lipinski definition) is 6.